The van der Waals surface area contributed by atoms with Crippen LogP contribution in [0, 0.1) is 5.92 Å². The zero-order valence-corrected chi connectivity index (χ0v) is 11.8. The molecule has 15 heavy (non-hydrogen) atoms. The van der Waals surface area contributed by atoms with E-state index in [0.29, 0.717) is 6.04 Å². The summed E-state index contributed by atoms with van der Waals surface area (Å²) in [6.07, 6.45) is 2.88. The van der Waals surface area contributed by atoms with Crippen LogP contribution in [0.3, 0.4) is 0 Å². The van der Waals surface area contributed by atoms with E-state index in [-0.39, 0.29) is 0 Å². The summed E-state index contributed by atoms with van der Waals surface area (Å²) in [5.74, 6) is 0.982. The molecule has 0 saturated heterocycles. The van der Waals surface area contributed by atoms with Crippen molar-refractivity contribution in [1.29, 1.82) is 0 Å². The first-order chi connectivity index (χ1) is 7.15. The minimum absolute atomic E-state index is 0.659. The van der Waals surface area contributed by atoms with E-state index in [1.165, 1.54) is 28.0 Å². The molecule has 1 saturated carbocycles. The summed E-state index contributed by atoms with van der Waals surface area (Å²) in [5, 5.41) is 0. The van der Waals surface area contributed by atoms with Gasteiger partial charge in [-0.25, -0.2) is 0 Å². The Hall–Kier alpha value is 0.140. The molecule has 3 heteroatoms. The maximum absolute atomic E-state index is 3.52. The van der Waals surface area contributed by atoms with Crippen molar-refractivity contribution in [2.24, 2.45) is 5.92 Å². The van der Waals surface area contributed by atoms with Gasteiger partial charge in [0.25, 0.3) is 0 Å². The van der Waals surface area contributed by atoms with Gasteiger partial charge in [0, 0.05) is 24.0 Å². The van der Waals surface area contributed by atoms with Crippen LogP contribution in [0.15, 0.2) is 15.9 Å². The average molecular weight is 288 g/mol. The molecule has 0 spiro atoms. The van der Waals surface area contributed by atoms with Gasteiger partial charge in [0.1, 0.15) is 0 Å². The maximum atomic E-state index is 3.52. The first-order valence-corrected chi connectivity index (χ1v) is 7.24. The van der Waals surface area contributed by atoms with E-state index in [2.05, 4.69) is 46.8 Å². The normalized spacial score (nSPS) is 16.6. The van der Waals surface area contributed by atoms with Gasteiger partial charge in [0.05, 0.1) is 3.79 Å². The highest BCUT2D eigenvalue weighted by Crippen LogP contribution is 2.31. The van der Waals surface area contributed by atoms with Crippen LogP contribution in [-0.4, -0.2) is 17.5 Å². The highest BCUT2D eigenvalue weighted by molar-refractivity contribution is 9.11. The van der Waals surface area contributed by atoms with Crippen LogP contribution in [0.1, 0.15) is 31.6 Å². The van der Waals surface area contributed by atoms with E-state index in [1.54, 1.807) is 0 Å². The van der Waals surface area contributed by atoms with Crippen molar-refractivity contribution in [2.75, 3.05) is 6.54 Å². The van der Waals surface area contributed by atoms with Gasteiger partial charge in [-0.2, -0.15) is 0 Å². The standard InChI is InChI=1S/C12H18BrNS/c1-9(2)14(7-10-3-4-10)8-11-5-6-12(13)15-11/h5-6,9-10H,3-4,7-8H2,1-2H3. The van der Waals surface area contributed by atoms with Gasteiger partial charge in [-0.15, -0.1) is 11.3 Å². The van der Waals surface area contributed by atoms with Crippen LogP contribution < -0.4 is 0 Å². The summed E-state index contributed by atoms with van der Waals surface area (Å²) in [5.41, 5.74) is 0. The lowest BCUT2D eigenvalue weighted by Crippen LogP contribution is -2.31. The fraction of sp³-hybridized carbons (Fsp3) is 0.667. The fourth-order valence-corrected chi connectivity index (χ4v) is 3.24. The van der Waals surface area contributed by atoms with Gasteiger partial charge < -0.3 is 0 Å². The SMILES string of the molecule is CC(C)N(Cc1ccc(Br)s1)CC1CC1. The number of thiophene rings is 1. The molecule has 1 aliphatic carbocycles. The van der Waals surface area contributed by atoms with Gasteiger partial charge in [0.2, 0.25) is 0 Å². The molecule has 0 aliphatic heterocycles. The largest absolute Gasteiger partial charge is 0.296 e. The maximum Gasteiger partial charge on any atom is 0.0701 e. The minimum atomic E-state index is 0.659. The smallest absolute Gasteiger partial charge is 0.0701 e. The van der Waals surface area contributed by atoms with E-state index in [4.69, 9.17) is 0 Å². The first-order valence-electron chi connectivity index (χ1n) is 5.63. The molecule has 2 rings (SSSR count). The van der Waals surface area contributed by atoms with Crippen molar-refractivity contribution < 1.29 is 0 Å². The third kappa shape index (κ3) is 3.58. The van der Waals surface area contributed by atoms with Crippen molar-refractivity contribution in [3.8, 4) is 0 Å². The van der Waals surface area contributed by atoms with E-state index >= 15 is 0 Å². The molecule has 0 atom stereocenters. The minimum Gasteiger partial charge on any atom is -0.296 e. The van der Waals surface area contributed by atoms with Gasteiger partial charge in [-0.05, 0) is 60.7 Å². The zero-order chi connectivity index (χ0) is 10.8. The van der Waals surface area contributed by atoms with E-state index in [9.17, 15) is 0 Å². The van der Waals surface area contributed by atoms with E-state index in [0.717, 1.165) is 12.5 Å². The molecule has 0 amide bonds. The summed E-state index contributed by atoms with van der Waals surface area (Å²) in [6.45, 7) is 6.99. The molecule has 1 aromatic rings. The lowest BCUT2D eigenvalue weighted by molar-refractivity contribution is 0.205. The molecule has 0 aromatic carbocycles. The van der Waals surface area contributed by atoms with Crippen LogP contribution in [-0.2, 0) is 6.54 Å². The highest BCUT2D eigenvalue weighted by Gasteiger charge is 2.25. The Balaban J connectivity index is 1.92. The van der Waals surface area contributed by atoms with Gasteiger partial charge in [-0.1, -0.05) is 0 Å². The predicted molar refractivity (Wildman–Crippen MR) is 70.3 cm³/mol. The monoisotopic (exact) mass is 287 g/mol. The fourth-order valence-electron chi connectivity index (χ4n) is 1.73. The molecule has 1 nitrogen and oxygen atoms in total. The first kappa shape index (κ1) is 11.6. The van der Waals surface area contributed by atoms with Crippen LogP contribution in [0.5, 0.6) is 0 Å². The summed E-state index contributed by atoms with van der Waals surface area (Å²) in [7, 11) is 0. The molecule has 1 fully saturated rings. The Morgan fingerprint density at radius 3 is 2.67 bits per heavy atom. The zero-order valence-electron chi connectivity index (χ0n) is 9.37. The summed E-state index contributed by atoms with van der Waals surface area (Å²) >= 11 is 5.38. The molecule has 1 heterocycles. The topological polar surface area (TPSA) is 3.24 Å². The molecule has 1 aliphatic rings. The third-order valence-electron chi connectivity index (χ3n) is 2.91. The number of hydrogen-bond donors (Lipinski definition) is 0. The number of halogens is 1. The molecule has 0 bridgehead atoms. The molecular weight excluding hydrogens is 270 g/mol. The second-order valence-electron chi connectivity index (χ2n) is 4.67. The van der Waals surface area contributed by atoms with Gasteiger partial charge >= 0.3 is 0 Å². The Labute approximate surface area is 105 Å². The second kappa shape index (κ2) is 4.98. The Bertz CT molecular complexity index is 317. The number of rotatable bonds is 5. The highest BCUT2D eigenvalue weighted by atomic mass is 79.9. The molecule has 0 N–H and O–H groups in total. The van der Waals surface area contributed by atoms with Crippen molar-refractivity contribution in [3.63, 3.8) is 0 Å². The van der Waals surface area contributed by atoms with Crippen molar-refractivity contribution >= 4 is 27.3 Å². The van der Waals surface area contributed by atoms with Crippen LogP contribution in [0.2, 0.25) is 0 Å². The number of nitrogens with zero attached hydrogens (tertiary/aromatic N) is 1. The molecule has 0 unspecified atom stereocenters. The molecule has 84 valence electrons. The average Bonchev–Trinajstić information content (AvgIpc) is 2.89. The van der Waals surface area contributed by atoms with E-state index < -0.39 is 0 Å². The van der Waals surface area contributed by atoms with E-state index in [1.807, 2.05) is 11.3 Å². The lowest BCUT2D eigenvalue weighted by Gasteiger charge is -2.25. The Morgan fingerprint density at radius 1 is 1.47 bits per heavy atom. The van der Waals surface area contributed by atoms with Gasteiger partial charge in [-0.3, -0.25) is 4.90 Å². The third-order valence-corrected chi connectivity index (χ3v) is 4.52. The second-order valence-corrected chi connectivity index (χ2v) is 7.22. The quantitative estimate of drug-likeness (QED) is 0.787. The summed E-state index contributed by atoms with van der Waals surface area (Å²) in [4.78, 5) is 4.06. The van der Waals surface area contributed by atoms with Crippen molar-refractivity contribution in [1.82, 2.24) is 4.90 Å². The summed E-state index contributed by atoms with van der Waals surface area (Å²) < 4.78 is 1.24. The van der Waals surface area contributed by atoms with Gasteiger partial charge in [0.15, 0.2) is 0 Å². The van der Waals surface area contributed by atoms with Crippen LogP contribution >= 0.6 is 27.3 Å². The van der Waals surface area contributed by atoms with Crippen molar-refractivity contribution in [3.05, 3.63) is 20.8 Å². The molecular formula is C12H18BrNS. The summed E-state index contributed by atoms with van der Waals surface area (Å²) in [6, 6.07) is 5.04. The number of hydrogen-bond acceptors (Lipinski definition) is 2. The Kier molecular flexibility index (Phi) is 3.86. The van der Waals surface area contributed by atoms with Crippen molar-refractivity contribution in [2.45, 2.75) is 39.3 Å². The predicted octanol–water partition coefficient (Wildman–Crippen LogP) is 4.13. The van der Waals surface area contributed by atoms with Crippen LogP contribution in [0.25, 0.3) is 0 Å². The molecule has 1 aromatic heterocycles. The molecule has 0 radical (unpaired) electrons. The lowest BCUT2D eigenvalue weighted by atomic mass is 10.2. The Morgan fingerprint density at radius 2 is 2.20 bits per heavy atom. The van der Waals surface area contributed by atoms with Crippen LogP contribution in [0.4, 0.5) is 0 Å².